The number of thiazole rings is 1. The predicted octanol–water partition coefficient (Wildman–Crippen LogP) is 4.13. The van der Waals surface area contributed by atoms with Crippen LogP contribution in [0, 0.1) is 17.0 Å². The highest BCUT2D eigenvalue weighted by atomic mass is 32.1. The second kappa shape index (κ2) is 6.65. The number of hydrogen-bond acceptors (Lipinski definition) is 6. The van der Waals surface area contributed by atoms with Crippen LogP contribution in [0.3, 0.4) is 0 Å². The van der Waals surface area contributed by atoms with Gasteiger partial charge in [0.25, 0.3) is 0 Å². The van der Waals surface area contributed by atoms with Crippen molar-refractivity contribution in [2.45, 2.75) is 26.5 Å². The maximum Gasteiger partial charge on any atom is 0.387 e. The van der Waals surface area contributed by atoms with Crippen LogP contribution in [0.5, 0.6) is 5.75 Å². The quantitative estimate of drug-likeness (QED) is 0.637. The first-order valence-corrected chi connectivity index (χ1v) is 7.10. The normalized spacial score (nSPS) is 12.2. The fourth-order valence-electron chi connectivity index (χ4n) is 1.83. The van der Waals surface area contributed by atoms with Gasteiger partial charge in [-0.15, -0.1) is 11.3 Å². The summed E-state index contributed by atoms with van der Waals surface area (Å²) in [4.78, 5) is 15.3. The van der Waals surface area contributed by atoms with Gasteiger partial charge < -0.3 is 10.1 Å². The molecule has 118 valence electrons. The Morgan fingerprint density at radius 1 is 1.45 bits per heavy atom. The molecule has 1 unspecified atom stereocenters. The average Bonchev–Trinajstić information content (AvgIpc) is 2.84. The topological polar surface area (TPSA) is 77.3 Å². The number of nitro benzene ring substituents is 1. The fraction of sp³-hybridized carbons (Fsp3) is 0.308. The Morgan fingerprint density at radius 2 is 2.18 bits per heavy atom. The molecule has 1 aromatic carbocycles. The van der Waals surface area contributed by atoms with Gasteiger partial charge in [0.2, 0.25) is 5.75 Å². The van der Waals surface area contributed by atoms with E-state index in [0.29, 0.717) is 5.69 Å². The van der Waals surface area contributed by atoms with Crippen molar-refractivity contribution in [1.29, 1.82) is 0 Å². The molecule has 1 N–H and O–H groups in total. The van der Waals surface area contributed by atoms with Crippen molar-refractivity contribution in [3.05, 3.63) is 44.4 Å². The van der Waals surface area contributed by atoms with Crippen LogP contribution < -0.4 is 10.1 Å². The second-order valence-electron chi connectivity index (χ2n) is 4.49. The van der Waals surface area contributed by atoms with E-state index in [1.807, 2.05) is 13.8 Å². The van der Waals surface area contributed by atoms with Crippen molar-refractivity contribution in [2.75, 3.05) is 5.32 Å². The Kier molecular flexibility index (Phi) is 4.86. The molecule has 1 aromatic heterocycles. The first-order valence-electron chi connectivity index (χ1n) is 6.29. The molecule has 0 spiro atoms. The van der Waals surface area contributed by atoms with Crippen molar-refractivity contribution >= 4 is 22.7 Å². The molecule has 0 saturated carbocycles. The zero-order valence-electron chi connectivity index (χ0n) is 11.7. The summed E-state index contributed by atoms with van der Waals surface area (Å²) in [5.74, 6) is -0.479. The molecular formula is C13H13F2N3O3S. The molecule has 0 amide bonds. The molecule has 0 fully saturated rings. The number of alkyl halides is 2. The molecule has 1 heterocycles. The summed E-state index contributed by atoms with van der Waals surface area (Å²) < 4.78 is 28.9. The molecule has 0 bridgehead atoms. The standard InChI is InChI=1S/C13H13F2N3O3S/c1-7-6-16-12(22-7)8(2)17-9-3-4-10(18(19)20)11(5-9)21-13(14)15/h3-6,8,13,17H,1-2H3. The summed E-state index contributed by atoms with van der Waals surface area (Å²) in [6.45, 7) is 0.648. The minimum Gasteiger partial charge on any atom is -0.427 e. The molecule has 0 aliphatic heterocycles. The summed E-state index contributed by atoms with van der Waals surface area (Å²) >= 11 is 1.50. The van der Waals surface area contributed by atoms with Crippen molar-refractivity contribution in [3.8, 4) is 5.75 Å². The number of nitrogens with zero attached hydrogens (tertiary/aromatic N) is 2. The Hall–Kier alpha value is -2.29. The van der Waals surface area contributed by atoms with E-state index >= 15 is 0 Å². The number of ether oxygens (including phenoxy) is 1. The smallest absolute Gasteiger partial charge is 0.387 e. The monoisotopic (exact) mass is 329 g/mol. The van der Waals surface area contributed by atoms with E-state index in [0.717, 1.165) is 16.0 Å². The highest BCUT2D eigenvalue weighted by Crippen LogP contribution is 2.33. The van der Waals surface area contributed by atoms with E-state index in [4.69, 9.17) is 0 Å². The molecule has 0 aliphatic carbocycles. The largest absolute Gasteiger partial charge is 0.427 e. The summed E-state index contributed by atoms with van der Waals surface area (Å²) in [5, 5.41) is 14.7. The molecule has 0 radical (unpaired) electrons. The van der Waals surface area contributed by atoms with E-state index < -0.39 is 23.0 Å². The van der Waals surface area contributed by atoms with Gasteiger partial charge in [-0.25, -0.2) is 4.98 Å². The maximum absolute atomic E-state index is 12.4. The van der Waals surface area contributed by atoms with Gasteiger partial charge in [0, 0.05) is 28.9 Å². The van der Waals surface area contributed by atoms with Crippen molar-refractivity contribution in [1.82, 2.24) is 4.98 Å². The van der Waals surface area contributed by atoms with Gasteiger partial charge in [-0.1, -0.05) is 0 Å². The third kappa shape index (κ3) is 3.88. The predicted molar refractivity (Wildman–Crippen MR) is 78.6 cm³/mol. The van der Waals surface area contributed by atoms with Gasteiger partial charge in [0.05, 0.1) is 11.0 Å². The highest BCUT2D eigenvalue weighted by Gasteiger charge is 2.20. The van der Waals surface area contributed by atoms with Crippen LogP contribution in [0.25, 0.3) is 0 Å². The van der Waals surface area contributed by atoms with Crippen LogP contribution in [-0.4, -0.2) is 16.5 Å². The molecule has 9 heteroatoms. The average molecular weight is 329 g/mol. The minimum atomic E-state index is -3.13. The Bertz CT molecular complexity index is 678. The summed E-state index contributed by atoms with van der Waals surface area (Å²) in [6.07, 6.45) is 1.74. The first-order chi connectivity index (χ1) is 10.4. The third-order valence-corrected chi connectivity index (χ3v) is 3.86. The SMILES string of the molecule is Cc1cnc(C(C)Nc2ccc([N+](=O)[O-])c(OC(F)F)c2)s1. The molecule has 0 saturated heterocycles. The van der Waals surface area contributed by atoms with Crippen LogP contribution in [0.1, 0.15) is 22.9 Å². The van der Waals surface area contributed by atoms with Gasteiger partial charge >= 0.3 is 12.3 Å². The molecule has 6 nitrogen and oxygen atoms in total. The number of hydrogen-bond donors (Lipinski definition) is 1. The van der Waals surface area contributed by atoms with Gasteiger partial charge in [-0.2, -0.15) is 8.78 Å². The van der Waals surface area contributed by atoms with Crippen molar-refractivity contribution in [2.24, 2.45) is 0 Å². The lowest BCUT2D eigenvalue weighted by Gasteiger charge is -2.14. The van der Waals surface area contributed by atoms with Crippen molar-refractivity contribution in [3.63, 3.8) is 0 Å². The van der Waals surface area contributed by atoms with Gasteiger partial charge in [-0.3, -0.25) is 10.1 Å². The third-order valence-electron chi connectivity index (χ3n) is 2.77. The zero-order valence-corrected chi connectivity index (χ0v) is 12.6. The van der Waals surface area contributed by atoms with Gasteiger partial charge in [-0.05, 0) is 19.9 Å². The molecular weight excluding hydrogens is 316 g/mol. The number of anilines is 1. The number of halogens is 2. The van der Waals surface area contributed by atoms with E-state index in [-0.39, 0.29) is 6.04 Å². The highest BCUT2D eigenvalue weighted by molar-refractivity contribution is 7.11. The Balaban J connectivity index is 2.22. The van der Waals surface area contributed by atoms with Crippen LogP contribution in [0.4, 0.5) is 20.2 Å². The fourth-order valence-corrected chi connectivity index (χ4v) is 2.61. The van der Waals surface area contributed by atoms with E-state index in [1.165, 1.54) is 23.5 Å². The molecule has 1 atom stereocenters. The summed E-state index contributed by atoms with van der Waals surface area (Å²) in [7, 11) is 0. The number of aromatic nitrogens is 1. The van der Waals surface area contributed by atoms with Crippen molar-refractivity contribution < 1.29 is 18.4 Å². The number of rotatable bonds is 6. The minimum absolute atomic E-state index is 0.167. The van der Waals surface area contributed by atoms with Crippen LogP contribution in [-0.2, 0) is 0 Å². The lowest BCUT2D eigenvalue weighted by atomic mass is 10.2. The van der Waals surface area contributed by atoms with E-state index in [2.05, 4.69) is 15.0 Å². The number of benzene rings is 1. The summed E-state index contributed by atoms with van der Waals surface area (Å²) in [5.41, 5.74) is -0.0785. The van der Waals surface area contributed by atoms with Crippen LogP contribution >= 0.6 is 11.3 Å². The first kappa shape index (κ1) is 16.1. The molecule has 2 rings (SSSR count). The molecule has 22 heavy (non-hydrogen) atoms. The number of nitrogens with one attached hydrogen (secondary N) is 1. The summed E-state index contributed by atoms with van der Waals surface area (Å²) in [6, 6.07) is 3.58. The van der Waals surface area contributed by atoms with Gasteiger partial charge in [0.1, 0.15) is 5.01 Å². The number of aryl methyl sites for hydroxylation is 1. The zero-order chi connectivity index (χ0) is 16.3. The lowest BCUT2D eigenvalue weighted by Crippen LogP contribution is -2.08. The van der Waals surface area contributed by atoms with Crippen LogP contribution in [0.15, 0.2) is 24.4 Å². The Morgan fingerprint density at radius 3 is 2.73 bits per heavy atom. The molecule has 2 aromatic rings. The van der Waals surface area contributed by atoms with E-state index in [9.17, 15) is 18.9 Å². The van der Waals surface area contributed by atoms with Crippen LogP contribution in [0.2, 0.25) is 0 Å². The maximum atomic E-state index is 12.4. The van der Waals surface area contributed by atoms with Gasteiger partial charge in [0.15, 0.2) is 0 Å². The Labute approximate surface area is 128 Å². The van der Waals surface area contributed by atoms with E-state index in [1.54, 1.807) is 6.20 Å². The molecule has 0 aliphatic rings. The lowest BCUT2D eigenvalue weighted by molar-refractivity contribution is -0.386. The second-order valence-corrected chi connectivity index (χ2v) is 5.76. The number of nitro groups is 1.